The highest BCUT2D eigenvalue weighted by atomic mass is 14.2. The Balaban J connectivity index is -0.00000000700. The Bertz CT molecular complexity index is 1150. The zero-order valence-corrected chi connectivity index (χ0v) is 12.0. The van der Waals surface area contributed by atoms with Crippen LogP contribution in [0.5, 0.6) is 0 Å². The fraction of sp³-hybridized carbons (Fsp3) is 0.258. The van der Waals surface area contributed by atoms with Crippen molar-refractivity contribution in [1.29, 1.82) is 5.26 Å². The summed E-state index contributed by atoms with van der Waals surface area (Å²) in [5, 5.41) is 8.11. The van der Waals surface area contributed by atoms with Gasteiger partial charge in [0.2, 0.25) is 0 Å². The topological polar surface area (TPSA) is 23.8 Å². The molecule has 32 heavy (non-hydrogen) atoms. The molecule has 0 radical (unpaired) electrons. The summed E-state index contributed by atoms with van der Waals surface area (Å²) in [6.07, 6.45) is 4.90. The van der Waals surface area contributed by atoms with E-state index in [1.54, 1.807) is 6.07 Å². The van der Waals surface area contributed by atoms with Gasteiger partial charge in [-0.1, -0.05) is 59.4 Å². The van der Waals surface area contributed by atoms with Gasteiger partial charge in [0.05, 0.1) is 0 Å². The van der Waals surface area contributed by atoms with Gasteiger partial charge in [-0.3, -0.25) is 0 Å². The average molecular weight is 480 g/mol. The zero-order valence-electron chi connectivity index (χ0n) is 12.0. The van der Waals surface area contributed by atoms with Gasteiger partial charge in [0.15, 0.2) is 6.07 Å². The van der Waals surface area contributed by atoms with Crippen molar-refractivity contribution < 1.29 is 28.5 Å². The summed E-state index contributed by atoms with van der Waals surface area (Å²) in [7, 11) is 0. The van der Waals surface area contributed by atoms with Gasteiger partial charge >= 0.3 is 0 Å². The van der Waals surface area contributed by atoms with Crippen molar-refractivity contribution in [2.24, 2.45) is 0 Å². The van der Waals surface area contributed by atoms with Crippen LogP contribution in [0.1, 0.15) is 87.9 Å². The Morgan fingerprint density at radius 2 is 0.469 bits per heavy atom. The van der Waals surface area contributed by atoms with E-state index in [-0.39, 0.29) is 87.9 Å². The van der Waals surface area contributed by atoms with Crippen LogP contribution in [0, 0.1) is 142 Å². The fourth-order valence-corrected chi connectivity index (χ4v) is 0.627. The van der Waals surface area contributed by atoms with Crippen LogP contribution in [-0.2, 0) is 0 Å². The SMILES string of the molecule is C.C.C.C.C.C.C.C.C#CC#CC#CC#CC#CC#CC#CC#CC#CC#CC#CC#N.[2HH].[2HH].[2HH].[2HH].[2HH].[2HH].[2HH].[2HH].[2HH].[2HH].[2HH].[2HH].[2HH].[2HH].[2HH].[2HH].[2HH].[2HH].[2HH].[2HH]. The van der Waals surface area contributed by atoms with E-state index in [0.717, 1.165) is 0 Å². The van der Waals surface area contributed by atoms with Crippen LogP contribution < -0.4 is 0 Å². The molecular weight excluding hydrogens is 386 g/mol. The maximum atomic E-state index is 8.11. The van der Waals surface area contributed by atoms with Crippen molar-refractivity contribution in [3.63, 3.8) is 0 Å². The Kier molecular flexibility index (Phi) is 98.9. The normalized spacial score (nSPS) is 2.81. The molecule has 0 saturated carbocycles. The zero-order chi connectivity index (χ0) is 17.6. The highest BCUT2D eigenvalue weighted by Crippen LogP contribution is 1.58. The summed E-state index contributed by atoms with van der Waals surface area (Å²) < 4.78 is 0. The Hall–Kier alpha value is -5.35. The average Bonchev–Trinajstić information content (AvgIpc) is 2.60. The van der Waals surface area contributed by atoms with Crippen LogP contribution in [0.25, 0.3) is 0 Å². The van der Waals surface area contributed by atoms with Crippen LogP contribution in [0.4, 0.5) is 0 Å². The van der Waals surface area contributed by atoms with Crippen LogP contribution in [0.2, 0.25) is 0 Å². The largest absolute Gasteiger partial charge is 0.183 e. The second-order valence-electron chi connectivity index (χ2n) is 2.76. The third-order valence-electron chi connectivity index (χ3n) is 1.32. The third kappa shape index (κ3) is 56.3. The van der Waals surface area contributed by atoms with Gasteiger partial charge < -0.3 is 0 Å². The predicted octanol–water partition coefficient (Wildman–Crippen LogP) is 10.2. The molecule has 1 nitrogen and oxygen atoms in total. The molecule has 202 valence electrons. The molecule has 0 aliphatic carbocycles. The molecule has 0 heterocycles. The molecule has 0 aromatic carbocycles. The van der Waals surface area contributed by atoms with E-state index in [1.165, 1.54) is 0 Å². The first kappa shape index (κ1) is 56.3. The molecule has 0 atom stereocenters. The molecule has 0 aromatic rings. The number of terminal acetylenes is 1. The van der Waals surface area contributed by atoms with Gasteiger partial charge in [-0.2, -0.15) is 5.26 Å². The van der Waals surface area contributed by atoms with Crippen molar-refractivity contribution in [2.45, 2.75) is 59.4 Å². The van der Waals surface area contributed by atoms with Crippen molar-refractivity contribution in [2.75, 3.05) is 0 Å². The Morgan fingerprint density at radius 3 is 0.625 bits per heavy atom. The smallest absolute Gasteiger partial charge is 0.153 e. The van der Waals surface area contributed by atoms with Gasteiger partial charge in [-0.25, -0.2) is 0 Å². The van der Waals surface area contributed by atoms with Crippen LogP contribution in [-0.4, -0.2) is 0 Å². The molecule has 0 aliphatic rings. The van der Waals surface area contributed by atoms with E-state index in [0.29, 0.717) is 0 Å². The molecule has 0 N–H and O–H groups in total. The predicted molar refractivity (Wildman–Crippen MR) is 188 cm³/mol. The number of hydrogen-bond donors (Lipinski definition) is 0. The highest BCUT2D eigenvalue weighted by Gasteiger charge is 1.58. The molecular formula is C31H73N. The van der Waals surface area contributed by atoms with Crippen LogP contribution in [0.3, 0.4) is 0 Å². The molecule has 0 spiro atoms. The second kappa shape index (κ2) is 56.2. The van der Waals surface area contributed by atoms with E-state index < -0.39 is 0 Å². The quantitative estimate of drug-likeness (QED) is 0.317. The molecule has 0 amide bonds. The standard InChI is InChI=1S/C23HN.8CH4.20H2/c1-2-3-4-5-6-7-8-9-10-11-12-13-14-15-16-17-18-19-20-21-22-23-24;;;;;;;;;;;;;;;;;;;;;;;;;;;;/h1H;8*1H4;20*1H/i;;;;;;;;;20*1+1. The van der Waals surface area contributed by atoms with Gasteiger partial charge in [0.1, 0.15) is 0 Å². The lowest BCUT2D eigenvalue weighted by atomic mass is 10.4. The monoisotopic (exact) mass is 480 g/mol. The summed E-state index contributed by atoms with van der Waals surface area (Å²) >= 11 is 0. The van der Waals surface area contributed by atoms with E-state index in [1.807, 2.05) is 0 Å². The van der Waals surface area contributed by atoms with E-state index in [9.17, 15) is 0 Å². The van der Waals surface area contributed by atoms with Crippen molar-refractivity contribution in [1.82, 2.24) is 0 Å². The first-order valence-corrected chi connectivity index (χ1v) is 5.76. The maximum absolute atomic E-state index is 8.11. The minimum Gasteiger partial charge on any atom is -0.183 e. The van der Waals surface area contributed by atoms with E-state index in [4.69, 9.17) is 11.7 Å². The summed E-state index contributed by atoms with van der Waals surface area (Å²) in [6.45, 7) is 0. The number of nitrogens with zero attached hydrogens (tertiary/aromatic N) is 1. The molecule has 0 saturated heterocycles. The summed E-state index contributed by atoms with van der Waals surface area (Å²) in [5.41, 5.74) is 0. The number of rotatable bonds is 0. The summed E-state index contributed by atoms with van der Waals surface area (Å²) in [6, 6.07) is 1.62. The van der Waals surface area contributed by atoms with Crippen molar-refractivity contribution in [3.8, 4) is 137 Å². The van der Waals surface area contributed by atoms with Crippen molar-refractivity contribution in [3.05, 3.63) is 0 Å². The Morgan fingerprint density at radius 1 is 0.312 bits per heavy atom. The van der Waals surface area contributed by atoms with Crippen LogP contribution >= 0.6 is 0 Å². The first-order valence-electron chi connectivity index (χ1n) is 5.76. The molecule has 0 fully saturated rings. The van der Waals surface area contributed by atoms with Gasteiger partial charge in [0, 0.05) is 105 Å². The van der Waals surface area contributed by atoms with E-state index in [2.05, 4.69) is 124 Å². The van der Waals surface area contributed by atoms with E-state index >= 15 is 0 Å². The maximum Gasteiger partial charge on any atom is 0.153 e. The molecule has 0 aromatic heterocycles. The molecule has 1 heteroatoms. The molecule has 0 rings (SSSR count). The van der Waals surface area contributed by atoms with Gasteiger partial charge in [0.25, 0.3) is 0 Å². The lowest BCUT2D eigenvalue weighted by Crippen LogP contribution is -1.56. The van der Waals surface area contributed by atoms with Gasteiger partial charge in [-0.15, -0.1) is 6.42 Å². The second-order valence-corrected chi connectivity index (χ2v) is 2.76. The molecule has 0 bridgehead atoms. The summed E-state index contributed by atoms with van der Waals surface area (Å²) in [5.74, 6) is 50.4. The third-order valence-corrected chi connectivity index (χ3v) is 1.32. The molecule has 0 unspecified atom stereocenters. The minimum atomic E-state index is 0. The lowest BCUT2D eigenvalue weighted by Gasteiger charge is -1.56. The number of nitriles is 1. The first-order chi connectivity index (χ1) is 11.9. The van der Waals surface area contributed by atoms with Crippen molar-refractivity contribution >= 4 is 0 Å². The molecule has 0 aliphatic heterocycles. The van der Waals surface area contributed by atoms with Gasteiger partial charge in [-0.05, 0) is 47.4 Å². The minimum absolute atomic E-state index is 0. The van der Waals surface area contributed by atoms with Crippen LogP contribution in [0.15, 0.2) is 0 Å². The fourth-order valence-electron chi connectivity index (χ4n) is 0.627. The summed E-state index contributed by atoms with van der Waals surface area (Å²) in [4.78, 5) is 0. The Labute approximate surface area is 231 Å². The lowest BCUT2D eigenvalue weighted by molar-refractivity contribution is 1.55. The highest BCUT2D eigenvalue weighted by molar-refractivity contribution is 5.47. The number of hydrogen-bond acceptors (Lipinski definition) is 1.